The summed E-state index contributed by atoms with van der Waals surface area (Å²) in [6.07, 6.45) is 5.92. The van der Waals surface area contributed by atoms with Gasteiger partial charge in [-0.15, -0.1) is 0 Å². The smallest absolute Gasteiger partial charge is 0.410 e. The Balaban J connectivity index is 1.73. The summed E-state index contributed by atoms with van der Waals surface area (Å²) in [5, 5.41) is 32.9. The minimum Gasteiger partial charge on any atom is -0.457 e. The first-order valence-electron chi connectivity index (χ1n) is 16.8. The molecule has 2 fully saturated rings. The Hall–Kier alpha value is -2.28. The highest BCUT2D eigenvalue weighted by Gasteiger charge is 2.50. The Kier molecular flexibility index (Phi) is 14.3. The first kappa shape index (κ1) is 38.2. The van der Waals surface area contributed by atoms with Gasteiger partial charge in [0.25, 0.3) is 0 Å². The summed E-state index contributed by atoms with van der Waals surface area (Å²) in [6.45, 7) is 14.0. The molecule has 0 aromatic heterocycles. The van der Waals surface area contributed by atoms with Crippen molar-refractivity contribution in [2.45, 2.75) is 116 Å². The van der Waals surface area contributed by atoms with Crippen LogP contribution in [0.25, 0.3) is 0 Å². The van der Waals surface area contributed by atoms with Crippen LogP contribution in [-0.2, 0) is 23.7 Å². The Morgan fingerprint density at radius 3 is 2.50 bits per heavy atom. The number of aliphatic hydroxyl groups is 3. The molecule has 0 radical (unpaired) electrons. The van der Waals surface area contributed by atoms with E-state index in [9.17, 15) is 24.9 Å². The van der Waals surface area contributed by atoms with E-state index in [-0.39, 0.29) is 55.3 Å². The molecule has 0 aromatic carbocycles. The van der Waals surface area contributed by atoms with Crippen LogP contribution in [0.3, 0.4) is 0 Å². The monoisotopic (exact) mass is 650 g/mol. The number of amides is 1. The molecule has 0 saturated carbocycles. The summed E-state index contributed by atoms with van der Waals surface area (Å²) in [7, 11) is 3.70. The number of likely N-dealkylation sites (N-methyl/N-ethyl adjacent to an activating group) is 1. The third-order valence-corrected chi connectivity index (χ3v) is 9.78. The lowest BCUT2D eigenvalue weighted by molar-refractivity contribution is -0.151. The second kappa shape index (κ2) is 17.2. The van der Waals surface area contributed by atoms with E-state index in [1.54, 1.807) is 31.1 Å². The minimum absolute atomic E-state index is 0.0444. The lowest BCUT2D eigenvalue weighted by Crippen LogP contribution is -2.50. The molecule has 0 bridgehead atoms. The van der Waals surface area contributed by atoms with Crippen LogP contribution in [0.15, 0.2) is 36.0 Å². The Labute approximate surface area is 275 Å². The molecule has 3 aliphatic rings. The number of allylic oxidation sites excluding steroid dienone is 2. The molecular formula is C35H58N2O9. The maximum Gasteiger partial charge on any atom is 0.410 e. The molecule has 3 aliphatic heterocycles. The van der Waals surface area contributed by atoms with Crippen molar-refractivity contribution in [3.63, 3.8) is 0 Å². The number of nitrogens with zero attached hydrogens (tertiary/aromatic N) is 2. The van der Waals surface area contributed by atoms with Crippen molar-refractivity contribution in [2.75, 3.05) is 40.3 Å². The highest BCUT2D eigenvalue weighted by Crippen LogP contribution is 2.37. The van der Waals surface area contributed by atoms with Gasteiger partial charge in [0, 0.05) is 51.0 Å². The van der Waals surface area contributed by atoms with Gasteiger partial charge in [-0.1, -0.05) is 52.0 Å². The van der Waals surface area contributed by atoms with Crippen LogP contribution in [0.1, 0.15) is 67.2 Å². The molecule has 11 heteroatoms. The number of rotatable bonds is 10. The number of carbonyl (C=O) groups excluding carboxylic acids is 2. The van der Waals surface area contributed by atoms with Gasteiger partial charge in [-0.05, 0) is 51.8 Å². The molecule has 11 atom stereocenters. The molecule has 1 amide bonds. The lowest BCUT2D eigenvalue weighted by Gasteiger charge is -2.36. The van der Waals surface area contributed by atoms with Crippen molar-refractivity contribution < 1.29 is 43.9 Å². The largest absolute Gasteiger partial charge is 0.457 e. The Bertz CT molecular complexity index is 1080. The summed E-state index contributed by atoms with van der Waals surface area (Å²) in [5.41, 5.74) is -0.709. The van der Waals surface area contributed by atoms with Gasteiger partial charge in [-0.3, -0.25) is 4.79 Å². The Morgan fingerprint density at radius 1 is 1.20 bits per heavy atom. The van der Waals surface area contributed by atoms with Crippen LogP contribution in [0.2, 0.25) is 0 Å². The fraction of sp³-hybridized carbons (Fsp3) is 0.771. The van der Waals surface area contributed by atoms with Crippen molar-refractivity contribution in [3.05, 3.63) is 36.0 Å². The summed E-state index contributed by atoms with van der Waals surface area (Å²) in [4.78, 5) is 29.6. The number of ether oxygens (including phenoxy) is 4. The average Bonchev–Trinajstić information content (AvgIpc) is 3.81. The number of piperazine rings is 1. The second-order valence-electron chi connectivity index (χ2n) is 13.8. The molecule has 262 valence electrons. The number of carbonyl (C=O) groups is 2. The maximum atomic E-state index is 13.0. The van der Waals surface area contributed by atoms with Gasteiger partial charge >= 0.3 is 12.1 Å². The normalized spacial score (nSPS) is 35.3. The summed E-state index contributed by atoms with van der Waals surface area (Å²) in [5.74, 6) is -0.888. The van der Waals surface area contributed by atoms with Crippen molar-refractivity contribution in [1.29, 1.82) is 0 Å². The standard InChI is InChI=1S/C35H58N2O9/c1-9-27(43-8)25(5)32-33(46-32)30(40)22(2)11-10-12-23(3)31-24(4)13-14-28(44-34(41)37-19-17-36(7)18-20-37)35(6,42)16-15-26(38)21-29(39)45-31/h10-14,22,24-28,30-33,38,40,42H,9,15-21H2,1-8H3/b11-10+,14-13+,23-12+. The summed E-state index contributed by atoms with van der Waals surface area (Å²) in [6, 6.07) is 0. The third-order valence-electron chi connectivity index (χ3n) is 9.78. The van der Waals surface area contributed by atoms with E-state index in [4.69, 9.17) is 18.9 Å². The molecule has 11 unspecified atom stereocenters. The molecule has 3 heterocycles. The van der Waals surface area contributed by atoms with Crippen LogP contribution in [0, 0.1) is 17.8 Å². The van der Waals surface area contributed by atoms with Crippen molar-refractivity contribution in [1.82, 2.24) is 9.80 Å². The highest BCUT2D eigenvalue weighted by molar-refractivity contribution is 5.70. The maximum absolute atomic E-state index is 13.0. The van der Waals surface area contributed by atoms with Gasteiger partial charge in [-0.25, -0.2) is 4.79 Å². The summed E-state index contributed by atoms with van der Waals surface area (Å²) >= 11 is 0. The lowest BCUT2D eigenvalue weighted by atomic mass is 9.88. The van der Waals surface area contributed by atoms with Crippen molar-refractivity contribution in [3.8, 4) is 0 Å². The summed E-state index contributed by atoms with van der Waals surface area (Å²) < 4.78 is 23.1. The van der Waals surface area contributed by atoms with Gasteiger partial charge in [0.05, 0.1) is 30.8 Å². The van der Waals surface area contributed by atoms with E-state index in [0.717, 1.165) is 25.1 Å². The Morgan fingerprint density at radius 2 is 1.87 bits per heavy atom. The number of hydrogen-bond donors (Lipinski definition) is 3. The number of cyclic esters (lactones) is 1. The topological polar surface area (TPSA) is 142 Å². The fourth-order valence-corrected chi connectivity index (χ4v) is 6.31. The zero-order valence-corrected chi connectivity index (χ0v) is 29.0. The van der Waals surface area contributed by atoms with Gasteiger partial charge < -0.3 is 44.1 Å². The van der Waals surface area contributed by atoms with Crippen LogP contribution < -0.4 is 0 Å². The molecule has 0 aromatic rings. The zero-order chi connectivity index (χ0) is 34.2. The molecule has 0 spiro atoms. The average molecular weight is 651 g/mol. The fourth-order valence-electron chi connectivity index (χ4n) is 6.31. The molecule has 11 nitrogen and oxygen atoms in total. The van der Waals surface area contributed by atoms with Crippen LogP contribution in [-0.4, -0.2) is 126 Å². The molecule has 2 saturated heterocycles. The van der Waals surface area contributed by atoms with Gasteiger partial charge in [-0.2, -0.15) is 0 Å². The first-order valence-corrected chi connectivity index (χ1v) is 16.8. The van der Waals surface area contributed by atoms with E-state index in [1.807, 2.05) is 46.0 Å². The molecular weight excluding hydrogens is 592 g/mol. The molecule has 3 rings (SSSR count). The zero-order valence-electron chi connectivity index (χ0n) is 29.0. The van der Waals surface area contributed by atoms with Crippen LogP contribution >= 0.6 is 0 Å². The van der Waals surface area contributed by atoms with Gasteiger partial charge in [0.15, 0.2) is 6.10 Å². The van der Waals surface area contributed by atoms with E-state index in [1.165, 1.54) is 0 Å². The predicted octanol–water partition coefficient (Wildman–Crippen LogP) is 3.47. The van der Waals surface area contributed by atoms with Crippen LogP contribution in [0.4, 0.5) is 4.79 Å². The number of hydrogen-bond acceptors (Lipinski definition) is 10. The molecule has 0 aliphatic carbocycles. The number of esters is 1. The highest BCUT2D eigenvalue weighted by atomic mass is 16.6. The van der Waals surface area contributed by atoms with Crippen molar-refractivity contribution >= 4 is 12.1 Å². The van der Waals surface area contributed by atoms with Gasteiger partial charge in [0.1, 0.15) is 17.8 Å². The van der Waals surface area contributed by atoms with E-state index in [0.29, 0.717) is 13.1 Å². The SMILES string of the molecule is CCC(OC)C(C)C1OC1C(O)C(C)/C=C/C=C(\C)C1OC(=O)CC(O)CCC(C)(O)C(OC(=O)N2CCN(C)CC2)/C=C/C1C. The minimum atomic E-state index is -1.47. The number of methoxy groups -OCH3 is 1. The third kappa shape index (κ3) is 10.6. The van der Waals surface area contributed by atoms with Crippen molar-refractivity contribution in [2.24, 2.45) is 17.8 Å². The first-order chi connectivity index (χ1) is 21.7. The molecule has 46 heavy (non-hydrogen) atoms. The number of epoxide rings is 1. The quantitative estimate of drug-likeness (QED) is 0.139. The van der Waals surface area contributed by atoms with E-state index in [2.05, 4.69) is 18.7 Å². The van der Waals surface area contributed by atoms with Crippen LogP contribution in [0.5, 0.6) is 0 Å². The number of aliphatic hydroxyl groups excluding tert-OH is 2. The van der Waals surface area contributed by atoms with E-state index < -0.39 is 42.1 Å². The second-order valence-corrected chi connectivity index (χ2v) is 13.8. The van der Waals surface area contributed by atoms with Gasteiger partial charge in [0.2, 0.25) is 0 Å². The van der Waals surface area contributed by atoms with E-state index >= 15 is 0 Å². The molecule has 3 N–H and O–H groups in total. The predicted molar refractivity (Wildman–Crippen MR) is 175 cm³/mol.